The van der Waals surface area contributed by atoms with Crippen molar-refractivity contribution < 1.29 is 22.7 Å². The lowest BCUT2D eigenvalue weighted by Crippen LogP contribution is -2.21. The summed E-state index contributed by atoms with van der Waals surface area (Å²) in [4.78, 5) is 21.0. The van der Waals surface area contributed by atoms with Gasteiger partial charge in [-0.2, -0.15) is 23.5 Å². The lowest BCUT2D eigenvalue weighted by molar-refractivity contribution is -0.137. The molecule has 0 aliphatic carbocycles. The number of hydrogen-bond donors (Lipinski definition) is 1. The molecule has 0 aliphatic rings. The van der Waals surface area contributed by atoms with Crippen LogP contribution in [0.1, 0.15) is 21.6 Å². The van der Waals surface area contributed by atoms with E-state index in [4.69, 9.17) is 4.74 Å². The van der Waals surface area contributed by atoms with Crippen LogP contribution in [-0.4, -0.2) is 32.8 Å². The Labute approximate surface area is 185 Å². The van der Waals surface area contributed by atoms with Gasteiger partial charge in [0.15, 0.2) is 0 Å². The predicted molar refractivity (Wildman–Crippen MR) is 112 cm³/mol. The van der Waals surface area contributed by atoms with Gasteiger partial charge in [0.2, 0.25) is 5.88 Å². The molecule has 3 heterocycles. The Morgan fingerprint density at radius 3 is 2.70 bits per heavy atom. The third-order valence-electron chi connectivity index (χ3n) is 4.87. The first-order valence-electron chi connectivity index (χ1n) is 9.48. The Hall–Kier alpha value is -4.46. The van der Waals surface area contributed by atoms with Gasteiger partial charge in [-0.1, -0.05) is 18.2 Å². The number of carbonyl (C=O) groups is 1. The molecule has 0 spiro atoms. The summed E-state index contributed by atoms with van der Waals surface area (Å²) in [6, 6.07) is 11.1. The van der Waals surface area contributed by atoms with Crippen molar-refractivity contribution in [3.8, 4) is 23.2 Å². The summed E-state index contributed by atoms with van der Waals surface area (Å²) in [5.41, 5.74) is -1.52. The van der Waals surface area contributed by atoms with Crippen molar-refractivity contribution in [3.05, 3.63) is 65.6 Å². The molecule has 0 radical (unpaired) electrons. The molecule has 0 saturated carbocycles. The number of aryl methyl sites for hydroxylation is 1. The zero-order valence-corrected chi connectivity index (χ0v) is 17.3. The number of nitrogens with zero attached hydrogens (tertiary/aromatic N) is 5. The fourth-order valence-electron chi connectivity index (χ4n) is 3.50. The number of benzene rings is 1. The van der Waals surface area contributed by atoms with Crippen LogP contribution in [0, 0.1) is 11.3 Å². The van der Waals surface area contributed by atoms with E-state index in [1.807, 2.05) is 6.07 Å². The van der Waals surface area contributed by atoms with Crippen molar-refractivity contribution in [1.29, 1.82) is 5.26 Å². The van der Waals surface area contributed by atoms with Gasteiger partial charge in [0.05, 0.1) is 24.5 Å². The van der Waals surface area contributed by atoms with E-state index in [0.29, 0.717) is 10.9 Å². The Kier molecular flexibility index (Phi) is 5.43. The number of aromatic nitrogens is 4. The van der Waals surface area contributed by atoms with Crippen LogP contribution in [0.25, 0.3) is 22.2 Å². The number of hydrogen-bond acceptors (Lipinski definition) is 6. The molecule has 1 N–H and O–H groups in total. The first-order chi connectivity index (χ1) is 15.7. The number of alkyl halides is 3. The molecule has 8 nitrogen and oxygen atoms in total. The first-order valence-corrected chi connectivity index (χ1v) is 9.48. The molecule has 3 aromatic heterocycles. The Bertz CT molecular complexity index is 1420. The van der Waals surface area contributed by atoms with E-state index in [2.05, 4.69) is 20.4 Å². The third kappa shape index (κ3) is 3.94. The molecule has 0 atom stereocenters. The van der Waals surface area contributed by atoms with Gasteiger partial charge in [-0.25, -0.2) is 4.98 Å². The summed E-state index contributed by atoms with van der Waals surface area (Å²) < 4.78 is 48.4. The molecule has 4 aromatic rings. The van der Waals surface area contributed by atoms with Crippen LogP contribution in [0.5, 0.6) is 5.88 Å². The maximum Gasteiger partial charge on any atom is 0.420 e. The molecule has 1 amide bonds. The predicted octanol–water partition coefficient (Wildman–Crippen LogP) is 4.18. The summed E-state index contributed by atoms with van der Waals surface area (Å²) in [7, 11) is 2.57. The van der Waals surface area contributed by atoms with Gasteiger partial charge >= 0.3 is 6.18 Å². The number of ether oxygens (including phenoxy) is 1. The summed E-state index contributed by atoms with van der Waals surface area (Å²) in [6.07, 6.45) is -2.17. The summed E-state index contributed by atoms with van der Waals surface area (Å²) in [5.74, 6) is -1.03. The number of halogens is 3. The minimum Gasteiger partial charge on any atom is -0.480 e. The van der Waals surface area contributed by atoms with Crippen molar-refractivity contribution in [2.45, 2.75) is 6.18 Å². The van der Waals surface area contributed by atoms with Crippen LogP contribution >= 0.6 is 0 Å². The second-order valence-electron chi connectivity index (χ2n) is 6.92. The second kappa shape index (κ2) is 8.23. The van der Waals surface area contributed by atoms with Crippen molar-refractivity contribution in [2.24, 2.45) is 7.05 Å². The Morgan fingerprint density at radius 2 is 2.00 bits per heavy atom. The normalized spacial score (nSPS) is 11.3. The summed E-state index contributed by atoms with van der Waals surface area (Å²) in [5, 5.41) is 16.1. The average Bonchev–Trinajstić information content (AvgIpc) is 3.16. The Morgan fingerprint density at radius 1 is 1.21 bits per heavy atom. The summed E-state index contributed by atoms with van der Waals surface area (Å²) >= 11 is 0. The first kappa shape index (κ1) is 21.8. The zero-order valence-electron chi connectivity index (χ0n) is 17.3. The minimum atomic E-state index is -4.88. The van der Waals surface area contributed by atoms with Crippen molar-refractivity contribution >= 4 is 22.5 Å². The zero-order chi connectivity index (χ0) is 23.8. The lowest BCUT2D eigenvalue weighted by atomic mass is 10.0. The van der Waals surface area contributed by atoms with Gasteiger partial charge < -0.3 is 10.1 Å². The number of nitriles is 1. The molecule has 0 saturated heterocycles. The maximum atomic E-state index is 14.2. The van der Waals surface area contributed by atoms with Gasteiger partial charge in [0.1, 0.15) is 28.6 Å². The van der Waals surface area contributed by atoms with Crippen LogP contribution in [0.4, 0.5) is 18.9 Å². The number of methoxy groups -OCH3 is 1. The molecule has 11 heteroatoms. The fourth-order valence-corrected chi connectivity index (χ4v) is 3.50. The van der Waals surface area contributed by atoms with Crippen LogP contribution in [0.15, 0.2) is 48.8 Å². The maximum absolute atomic E-state index is 14.2. The molecule has 1 aromatic carbocycles. The smallest absolute Gasteiger partial charge is 0.420 e. The van der Waals surface area contributed by atoms with E-state index >= 15 is 0 Å². The monoisotopic (exact) mass is 452 g/mol. The third-order valence-corrected chi connectivity index (χ3v) is 4.87. The number of nitrogens with one attached hydrogen (secondary N) is 1. The largest absolute Gasteiger partial charge is 0.480 e. The van der Waals surface area contributed by atoms with E-state index < -0.39 is 23.3 Å². The quantitative estimate of drug-likeness (QED) is 0.498. The van der Waals surface area contributed by atoms with Crippen molar-refractivity contribution in [1.82, 2.24) is 19.7 Å². The Balaban J connectivity index is 1.84. The van der Waals surface area contributed by atoms with Crippen LogP contribution in [0.2, 0.25) is 0 Å². The highest BCUT2D eigenvalue weighted by atomic mass is 19.4. The number of anilines is 1. The SMILES string of the molecule is COc1ncc(NC(=O)c2c(C(F)(F)F)c(-c3cccc4ncccc34)nn2C)cc1C#N. The van der Waals surface area contributed by atoms with E-state index in [9.17, 15) is 23.2 Å². The van der Waals surface area contributed by atoms with E-state index in [-0.39, 0.29) is 28.4 Å². The number of pyridine rings is 2. The molecule has 0 aliphatic heterocycles. The topological polar surface area (TPSA) is 106 Å². The molecular weight excluding hydrogens is 437 g/mol. The summed E-state index contributed by atoms with van der Waals surface area (Å²) in [6.45, 7) is 0. The highest BCUT2D eigenvalue weighted by molar-refractivity contribution is 6.06. The number of amides is 1. The van der Waals surface area contributed by atoms with Crippen molar-refractivity contribution in [2.75, 3.05) is 12.4 Å². The molecule has 0 fully saturated rings. The molecule has 0 unspecified atom stereocenters. The number of carbonyl (C=O) groups excluding carboxylic acids is 1. The van der Waals surface area contributed by atoms with Gasteiger partial charge in [0, 0.05) is 24.2 Å². The van der Waals surface area contributed by atoms with Crippen LogP contribution in [-0.2, 0) is 13.2 Å². The standard InChI is InChI=1S/C22H15F3N6O2/c1-31-19(20(32)29-13-9-12(10-26)21(33-2)28-11-13)17(22(23,24)25)18(30-31)15-5-3-7-16-14(15)6-4-8-27-16/h3-9,11H,1-2H3,(H,29,32). The van der Waals surface area contributed by atoms with Gasteiger partial charge in [-0.3, -0.25) is 14.5 Å². The van der Waals surface area contributed by atoms with Crippen LogP contribution < -0.4 is 10.1 Å². The molecule has 4 rings (SSSR count). The molecule has 0 bridgehead atoms. The van der Waals surface area contributed by atoms with Gasteiger partial charge in [-0.05, 0) is 18.2 Å². The lowest BCUT2D eigenvalue weighted by Gasteiger charge is -2.12. The highest BCUT2D eigenvalue weighted by Crippen LogP contribution is 2.41. The van der Waals surface area contributed by atoms with E-state index in [1.54, 1.807) is 24.3 Å². The second-order valence-corrected chi connectivity index (χ2v) is 6.92. The van der Waals surface area contributed by atoms with Gasteiger partial charge in [0.25, 0.3) is 5.91 Å². The molecule has 33 heavy (non-hydrogen) atoms. The molecular formula is C22H15F3N6O2. The highest BCUT2D eigenvalue weighted by Gasteiger charge is 2.42. The minimum absolute atomic E-state index is 0.0142. The van der Waals surface area contributed by atoms with E-state index in [1.165, 1.54) is 38.7 Å². The fraction of sp³-hybridized carbons (Fsp3) is 0.136. The molecule has 166 valence electrons. The van der Waals surface area contributed by atoms with Crippen molar-refractivity contribution in [3.63, 3.8) is 0 Å². The van der Waals surface area contributed by atoms with Gasteiger partial charge in [-0.15, -0.1) is 0 Å². The van der Waals surface area contributed by atoms with Crippen LogP contribution in [0.3, 0.4) is 0 Å². The number of fused-ring (bicyclic) bond motifs is 1. The average molecular weight is 452 g/mol. The number of rotatable bonds is 4. The van der Waals surface area contributed by atoms with E-state index in [0.717, 1.165) is 4.68 Å².